The molecule has 0 bridgehead atoms. The van der Waals surface area contributed by atoms with Crippen LogP contribution in [0.2, 0.25) is 0 Å². The minimum absolute atomic E-state index is 0.0893. The van der Waals surface area contributed by atoms with Crippen LogP contribution in [0.4, 0.5) is 0 Å². The molecule has 0 aliphatic carbocycles. The zero-order valence-electron chi connectivity index (χ0n) is 15.9. The summed E-state index contributed by atoms with van der Waals surface area (Å²) in [5, 5.41) is 11.5. The van der Waals surface area contributed by atoms with Crippen LogP contribution in [0.3, 0.4) is 0 Å². The number of aromatic nitrogens is 3. The molecule has 26 heavy (non-hydrogen) atoms. The lowest BCUT2D eigenvalue weighted by atomic mass is 10.3. The monoisotopic (exact) mass is 378 g/mol. The Labute approximate surface area is 157 Å². The predicted octanol–water partition coefficient (Wildman–Crippen LogP) is 2.18. The van der Waals surface area contributed by atoms with Crippen molar-refractivity contribution in [2.45, 2.75) is 40.3 Å². The van der Waals surface area contributed by atoms with Crippen molar-refractivity contribution in [3.05, 3.63) is 33.5 Å². The molecule has 0 aliphatic heterocycles. The zero-order valence-corrected chi connectivity index (χ0v) is 16.7. The van der Waals surface area contributed by atoms with Crippen molar-refractivity contribution in [1.82, 2.24) is 25.4 Å². The van der Waals surface area contributed by atoms with Crippen LogP contribution >= 0.6 is 11.3 Å². The van der Waals surface area contributed by atoms with Gasteiger partial charge >= 0.3 is 5.97 Å². The molecule has 0 saturated carbocycles. The Morgan fingerprint density at radius 1 is 1.46 bits per heavy atom. The lowest BCUT2D eigenvalue weighted by Gasteiger charge is -2.15. The number of aliphatic imine (C=N–C) groups is 1. The highest BCUT2D eigenvalue weighted by molar-refractivity contribution is 7.13. The van der Waals surface area contributed by atoms with Crippen molar-refractivity contribution in [3.8, 4) is 0 Å². The Kier molecular flexibility index (Phi) is 7.14. The van der Waals surface area contributed by atoms with Crippen LogP contribution in [0.5, 0.6) is 0 Å². The van der Waals surface area contributed by atoms with Gasteiger partial charge in [0.2, 0.25) is 0 Å². The molecule has 0 fully saturated rings. The maximum atomic E-state index is 12.0. The molecule has 2 aromatic heterocycles. The number of hydrogen-bond acceptors (Lipinski definition) is 6. The molecule has 2 N–H and O–H groups in total. The summed E-state index contributed by atoms with van der Waals surface area (Å²) in [4.78, 5) is 21.6. The normalized spacial score (nSPS) is 12.7. The van der Waals surface area contributed by atoms with Gasteiger partial charge in [-0.25, -0.2) is 14.8 Å². The van der Waals surface area contributed by atoms with E-state index in [4.69, 9.17) is 4.74 Å². The Hall–Kier alpha value is -2.42. The average molecular weight is 379 g/mol. The van der Waals surface area contributed by atoms with E-state index in [2.05, 4.69) is 25.7 Å². The molecule has 1 unspecified atom stereocenters. The summed E-state index contributed by atoms with van der Waals surface area (Å²) in [5.74, 6) is 0.368. The molecule has 2 heterocycles. The summed E-state index contributed by atoms with van der Waals surface area (Å²) >= 11 is 1.35. The Bertz CT molecular complexity index is 767. The van der Waals surface area contributed by atoms with E-state index in [0.29, 0.717) is 29.7 Å². The van der Waals surface area contributed by atoms with Crippen LogP contribution in [-0.2, 0) is 18.3 Å². The molecule has 8 nitrogen and oxygen atoms in total. The molecular weight excluding hydrogens is 352 g/mol. The minimum atomic E-state index is -0.321. The lowest BCUT2D eigenvalue weighted by Crippen LogP contribution is -2.38. The van der Waals surface area contributed by atoms with E-state index in [1.54, 1.807) is 17.8 Å². The first kappa shape index (κ1) is 19.9. The number of carbonyl (C=O) groups is 1. The standard InChI is InChI=1S/C17H26N6O2S/c1-6-18-17(19-8-13-9-20-23(5)10-13)22-12(4)15-21-11(3)14(26-15)16(24)25-7-2/h9-10,12H,6-8H2,1-5H3,(H2,18,19,22). The topological polar surface area (TPSA) is 93.4 Å². The Morgan fingerprint density at radius 3 is 2.85 bits per heavy atom. The summed E-state index contributed by atoms with van der Waals surface area (Å²) in [6, 6.07) is -0.0893. The minimum Gasteiger partial charge on any atom is -0.462 e. The number of esters is 1. The highest BCUT2D eigenvalue weighted by Crippen LogP contribution is 2.24. The fourth-order valence-corrected chi connectivity index (χ4v) is 3.26. The second-order valence-electron chi connectivity index (χ2n) is 5.77. The van der Waals surface area contributed by atoms with E-state index < -0.39 is 0 Å². The molecule has 1 atom stereocenters. The van der Waals surface area contributed by atoms with Gasteiger partial charge in [0, 0.05) is 25.4 Å². The number of thiazole rings is 1. The van der Waals surface area contributed by atoms with Gasteiger partial charge in [0.25, 0.3) is 0 Å². The third-order valence-corrected chi connectivity index (χ3v) is 4.84. The van der Waals surface area contributed by atoms with Crippen LogP contribution in [0.1, 0.15) is 52.7 Å². The molecule has 0 aromatic carbocycles. The predicted molar refractivity (Wildman–Crippen MR) is 102 cm³/mol. The molecule has 0 saturated heterocycles. The largest absolute Gasteiger partial charge is 0.462 e. The Morgan fingerprint density at radius 2 is 2.23 bits per heavy atom. The molecule has 9 heteroatoms. The van der Waals surface area contributed by atoms with Crippen LogP contribution in [0, 0.1) is 6.92 Å². The summed E-state index contributed by atoms with van der Waals surface area (Å²) in [5.41, 5.74) is 1.72. The van der Waals surface area contributed by atoms with E-state index in [0.717, 1.165) is 17.1 Å². The highest BCUT2D eigenvalue weighted by Gasteiger charge is 2.20. The van der Waals surface area contributed by atoms with Crippen LogP contribution in [-0.4, -0.2) is 39.8 Å². The third-order valence-electron chi connectivity index (χ3n) is 3.52. The van der Waals surface area contributed by atoms with Gasteiger partial charge in [0.1, 0.15) is 9.88 Å². The van der Waals surface area contributed by atoms with Crippen molar-refractivity contribution in [1.29, 1.82) is 0 Å². The van der Waals surface area contributed by atoms with Crippen molar-refractivity contribution >= 4 is 23.3 Å². The maximum Gasteiger partial charge on any atom is 0.350 e. The van der Waals surface area contributed by atoms with Gasteiger partial charge < -0.3 is 15.4 Å². The number of hydrogen-bond donors (Lipinski definition) is 2. The van der Waals surface area contributed by atoms with Crippen molar-refractivity contribution in [3.63, 3.8) is 0 Å². The molecular formula is C17H26N6O2S. The molecule has 142 valence electrons. The van der Waals surface area contributed by atoms with Crippen molar-refractivity contribution in [2.24, 2.45) is 12.0 Å². The maximum absolute atomic E-state index is 12.0. The highest BCUT2D eigenvalue weighted by atomic mass is 32.1. The van der Waals surface area contributed by atoms with E-state index in [-0.39, 0.29) is 12.0 Å². The number of aryl methyl sites for hydroxylation is 2. The van der Waals surface area contributed by atoms with Gasteiger partial charge in [-0.1, -0.05) is 0 Å². The molecule has 2 aromatic rings. The van der Waals surface area contributed by atoms with Gasteiger partial charge in [-0.3, -0.25) is 4.68 Å². The van der Waals surface area contributed by atoms with Gasteiger partial charge in [0.15, 0.2) is 5.96 Å². The van der Waals surface area contributed by atoms with Crippen molar-refractivity contribution < 1.29 is 9.53 Å². The molecule has 0 aliphatic rings. The van der Waals surface area contributed by atoms with Gasteiger partial charge in [0.05, 0.1) is 31.1 Å². The zero-order chi connectivity index (χ0) is 19.1. The molecule has 2 rings (SSSR count). The molecule has 0 radical (unpaired) electrons. The van der Waals surface area contributed by atoms with Crippen LogP contribution in [0.25, 0.3) is 0 Å². The number of carbonyl (C=O) groups excluding carboxylic acids is 1. The van der Waals surface area contributed by atoms with Crippen LogP contribution < -0.4 is 10.6 Å². The van der Waals surface area contributed by atoms with E-state index in [1.807, 2.05) is 34.0 Å². The van der Waals surface area contributed by atoms with Gasteiger partial charge in [-0.15, -0.1) is 11.3 Å². The smallest absolute Gasteiger partial charge is 0.350 e. The van der Waals surface area contributed by atoms with E-state index in [9.17, 15) is 4.79 Å². The second-order valence-corrected chi connectivity index (χ2v) is 6.80. The Balaban J connectivity index is 2.08. The average Bonchev–Trinajstić information content (AvgIpc) is 3.19. The fourth-order valence-electron chi connectivity index (χ4n) is 2.30. The fraction of sp³-hybridized carbons (Fsp3) is 0.529. The van der Waals surface area contributed by atoms with Gasteiger partial charge in [-0.05, 0) is 27.7 Å². The number of nitrogens with zero attached hydrogens (tertiary/aromatic N) is 4. The summed E-state index contributed by atoms with van der Waals surface area (Å²) in [7, 11) is 1.88. The van der Waals surface area contributed by atoms with Gasteiger partial charge in [-0.2, -0.15) is 5.10 Å². The third kappa shape index (κ3) is 5.29. The number of rotatable bonds is 7. The first-order valence-electron chi connectivity index (χ1n) is 8.61. The summed E-state index contributed by atoms with van der Waals surface area (Å²) in [6.45, 7) is 9.24. The van der Waals surface area contributed by atoms with E-state index in [1.165, 1.54) is 11.3 Å². The lowest BCUT2D eigenvalue weighted by molar-refractivity contribution is 0.0531. The van der Waals surface area contributed by atoms with E-state index >= 15 is 0 Å². The number of nitrogens with one attached hydrogen (secondary N) is 2. The SMILES string of the molecule is CCNC(=NCc1cnn(C)c1)NC(C)c1nc(C)c(C(=O)OCC)s1. The second kappa shape index (κ2) is 9.33. The number of guanidine groups is 1. The quantitative estimate of drug-likeness (QED) is 0.436. The first-order valence-corrected chi connectivity index (χ1v) is 9.43. The molecule has 0 spiro atoms. The van der Waals surface area contributed by atoms with Crippen LogP contribution in [0.15, 0.2) is 17.4 Å². The number of ether oxygens (including phenoxy) is 1. The summed E-state index contributed by atoms with van der Waals surface area (Å²) < 4.78 is 6.83. The van der Waals surface area contributed by atoms with Crippen molar-refractivity contribution in [2.75, 3.05) is 13.2 Å². The first-order chi connectivity index (χ1) is 12.4. The summed E-state index contributed by atoms with van der Waals surface area (Å²) in [6.07, 6.45) is 3.73. The molecule has 0 amide bonds.